The minimum Gasteiger partial charge on any atom is -0.450 e. The summed E-state index contributed by atoms with van der Waals surface area (Å²) < 4.78 is 5.01. The molecule has 3 rings (SSSR count). The molecular weight excluding hydrogens is 330 g/mol. The van der Waals surface area contributed by atoms with Crippen molar-refractivity contribution in [1.82, 2.24) is 9.80 Å². The molecule has 6 nitrogen and oxygen atoms in total. The summed E-state index contributed by atoms with van der Waals surface area (Å²) in [6.45, 7) is 6.76. The maximum absolute atomic E-state index is 12.4. The number of rotatable bonds is 5. The van der Waals surface area contributed by atoms with Crippen LogP contribution in [-0.2, 0) is 16.0 Å². The molecule has 2 amide bonds. The summed E-state index contributed by atoms with van der Waals surface area (Å²) in [5, 5.41) is 0. The van der Waals surface area contributed by atoms with E-state index in [1.807, 2.05) is 4.90 Å². The van der Waals surface area contributed by atoms with E-state index in [1.54, 1.807) is 11.8 Å². The molecule has 2 saturated heterocycles. The number of ether oxygens (including phenoxy) is 1. The molecule has 0 radical (unpaired) electrons. The molecule has 2 fully saturated rings. The molecule has 0 bridgehead atoms. The summed E-state index contributed by atoms with van der Waals surface area (Å²) in [6, 6.07) is 8.62. The van der Waals surface area contributed by atoms with Crippen molar-refractivity contribution >= 4 is 17.7 Å². The Hall–Kier alpha value is -2.24. The number of aryl methyl sites for hydroxylation is 1. The van der Waals surface area contributed by atoms with Gasteiger partial charge in [0.25, 0.3) is 0 Å². The molecule has 26 heavy (non-hydrogen) atoms. The zero-order chi connectivity index (χ0) is 18.4. The molecule has 1 aromatic carbocycles. The van der Waals surface area contributed by atoms with Crippen LogP contribution in [-0.4, -0.2) is 67.7 Å². The van der Waals surface area contributed by atoms with Gasteiger partial charge in [-0.2, -0.15) is 0 Å². The van der Waals surface area contributed by atoms with Gasteiger partial charge in [0.15, 0.2) is 0 Å². The van der Waals surface area contributed by atoms with E-state index >= 15 is 0 Å². The van der Waals surface area contributed by atoms with Gasteiger partial charge >= 0.3 is 6.09 Å². The van der Waals surface area contributed by atoms with Gasteiger partial charge in [0, 0.05) is 51.4 Å². The number of carbonyl (C=O) groups is 2. The largest absolute Gasteiger partial charge is 0.450 e. The highest BCUT2D eigenvalue weighted by Gasteiger charge is 2.24. The Morgan fingerprint density at radius 2 is 1.54 bits per heavy atom. The lowest BCUT2D eigenvalue weighted by atomic mass is 10.1. The van der Waals surface area contributed by atoms with E-state index < -0.39 is 0 Å². The van der Waals surface area contributed by atoms with Crippen LogP contribution in [0.2, 0.25) is 0 Å². The van der Waals surface area contributed by atoms with Gasteiger partial charge in [0.2, 0.25) is 5.91 Å². The highest BCUT2D eigenvalue weighted by molar-refractivity contribution is 5.77. The van der Waals surface area contributed by atoms with Gasteiger partial charge in [0.05, 0.1) is 6.61 Å². The highest BCUT2D eigenvalue weighted by Crippen LogP contribution is 2.21. The summed E-state index contributed by atoms with van der Waals surface area (Å²) in [7, 11) is 0. The molecule has 142 valence electrons. The average Bonchev–Trinajstić information content (AvgIpc) is 3.21. The maximum Gasteiger partial charge on any atom is 0.409 e. The third-order valence-corrected chi connectivity index (χ3v) is 5.19. The number of amides is 2. The second kappa shape index (κ2) is 8.92. The monoisotopic (exact) mass is 359 g/mol. The standard InChI is InChI=1S/C20H29N3O3/c1-2-26-20(25)23-15-13-22(14-16-23)19(24)10-7-17-5-8-18(9-6-17)21-11-3-4-12-21/h5-6,8-9H,2-4,7,10-16H2,1H3. The first-order chi connectivity index (χ1) is 12.7. The fourth-order valence-electron chi connectivity index (χ4n) is 3.61. The fraction of sp³-hybridized carbons (Fsp3) is 0.600. The minimum atomic E-state index is -0.280. The van der Waals surface area contributed by atoms with Crippen molar-refractivity contribution in [3.63, 3.8) is 0 Å². The normalized spacial score (nSPS) is 17.5. The quantitative estimate of drug-likeness (QED) is 0.811. The van der Waals surface area contributed by atoms with Gasteiger partial charge in [-0.3, -0.25) is 4.79 Å². The number of hydrogen-bond donors (Lipinski definition) is 0. The number of carbonyl (C=O) groups excluding carboxylic acids is 2. The van der Waals surface area contributed by atoms with Crippen LogP contribution in [0, 0.1) is 0 Å². The fourth-order valence-corrected chi connectivity index (χ4v) is 3.61. The van der Waals surface area contributed by atoms with Crippen molar-refractivity contribution in [1.29, 1.82) is 0 Å². The van der Waals surface area contributed by atoms with Crippen LogP contribution >= 0.6 is 0 Å². The Bertz CT molecular complexity index is 603. The first kappa shape index (κ1) is 18.5. The van der Waals surface area contributed by atoms with Gasteiger partial charge in [-0.05, 0) is 43.9 Å². The van der Waals surface area contributed by atoms with E-state index in [2.05, 4.69) is 29.2 Å². The van der Waals surface area contributed by atoms with E-state index in [9.17, 15) is 9.59 Å². The van der Waals surface area contributed by atoms with Crippen LogP contribution in [0.25, 0.3) is 0 Å². The molecule has 0 unspecified atom stereocenters. The minimum absolute atomic E-state index is 0.164. The Balaban J connectivity index is 1.42. The predicted octanol–water partition coefficient (Wildman–Crippen LogP) is 2.52. The zero-order valence-corrected chi connectivity index (χ0v) is 15.7. The molecular formula is C20H29N3O3. The molecule has 6 heteroatoms. The van der Waals surface area contributed by atoms with Gasteiger partial charge in [0.1, 0.15) is 0 Å². The third kappa shape index (κ3) is 4.68. The highest BCUT2D eigenvalue weighted by atomic mass is 16.6. The summed E-state index contributed by atoms with van der Waals surface area (Å²) >= 11 is 0. The second-order valence-electron chi connectivity index (χ2n) is 6.93. The molecule has 2 aliphatic heterocycles. The lowest BCUT2D eigenvalue weighted by Gasteiger charge is -2.34. The van der Waals surface area contributed by atoms with Crippen LogP contribution in [0.1, 0.15) is 31.7 Å². The lowest BCUT2D eigenvalue weighted by molar-refractivity contribution is -0.132. The van der Waals surface area contributed by atoms with Crippen molar-refractivity contribution < 1.29 is 14.3 Å². The number of hydrogen-bond acceptors (Lipinski definition) is 4. The summed E-state index contributed by atoms with van der Waals surface area (Å²) in [4.78, 5) is 30.1. The molecule has 2 aliphatic rings. The number of nitrogens with zero attached hydrogens (tertiary/aromatic N) is 3. The molecule has 2 heterocycles. The van der Waals surface area contributed by atoms with Gasteiger partial charge in [-0.25, -0.2) is 4.79 Å². The first-order valence-corrected chi connectivity index (χ1v) is 9.70. The number of anilines is 1. The maximum atomic E-state index is 12.4. The van der Waals surface area contributed by atoms with Crippen molar-refractivity contribution in [3.8, 4) is 0 Å². The molecule has 0 atom stereocenters. The Morgan fingerprint density at radius 3 is 2.15 bits per heavy atom. The molecule has 0 spiro atoms. The summed E-state index contributed by atoms with van der Waals surface area (Å²) in [5.74, 6) is 0.164. The van der Waals surface area contributed by atoms with Crippen molar-refractivity contribution in [3.05, 3.63) is 29.8 Å². The van der Waals surface area contributed by atoms with Crippen LogP contribution in [0.5, 0.6) is 0 Å². The molecule has 0 N–H and O–H groups in total. The van der Waals surface area contributed by atoms with Crippen LogP contribution < -0.4 is 4.90 Å². The predicted molar refractivity (Wildman–Crippen MR) is 101 cm³/mol. The van der Waals surface area contributed by atoms with E-state index in [-0.39, 0.29) is 12.0 Å². The van der Waals surface area contributed by atoms with Crippen LogP contribution in [0.3, 0.4) is 0 Å². The van der Waals surface area contributed by atoms with E-state index in [1.165, 1.54) is 24.1 Å². The second-order valence-corrected chi connectivity index (χ2v) is 6.93. The Labute approximate surface area is 155 Å². The Kier molecular flexibility index (Phi) is 6.36. The SMILES string of the molecule is CCOC(=O)N1CCN(C(=O)CCc2ccc(N3CCCC3)cc2)CC1. The van der Waals surface area contributed by atoms with E-state index in [0.29, 0.717) is 39.2 Å². The lowest BCUT2D eigenvalue weighted by Crippen LogP contribution is -2.50. The van der Waals surface area contributed by atoms with Gasteiger partial charge in [-0.15, -0.1) is 0 Å². The number of piperazine rings is 1. The van der Waals surface area contributed by atoms with E-state index in [4.69, 9.17) is 4.74 Å². The van der Waals surface area contributed by atoms with Gasteiger partial charge in [-0.1, -0.05) is 12.1 Å². The van der Waals surface area contributed by atoms with E-state index in [0.717, 1.165) is 19.5 Å². The summed E-state index contributed by atoms with van der Waals surface area (Å²) in [6.07, 6.45) is 3.55. The smallest absolute Gasteiger partial charge is 0.409 e. The summed E-state index contributed by atoms with van der Waals surface area (Å²) in [5.41, 5.74) is 2.49. The first-order valence-electron chi connectivity index (χ1n) is 9.70. The van der Waals surface area contributed by atoms with Crippen LogP contribution in [0.15, 0.2) is 24.3 Å². The van der Waals surface area contributed by atoms with Gasteiger partial charge < -0.3 is 19.4 Å². The van der Waals surface area contributed by atoms with Crippen molar-refractivity contribution in [2.45, 2.75) is 32.6 Å². The topological polar surface area (TPSA) is 53.1 Å². The Morgan fingerprint density at radius 1 is 0.923 bits per heavy atom. The van der Waals surface area contributed by atoms with Crippen molar-refractivity contribution in [2.24, 2.45) is 0 Å². The zero-order valence-electron chi connectivity index (χ0n) is 15.7. The van der Waals surface area contributed by atoms with Crippen molar-refractivity contribution in [2.75, 3.05) is 50.8 Å². The number of benzene rings is 1. The molecule has 1 aromatic rings. The molecule has 0 saturated carbocycles. The molecule has 0 aromatic heterocycles. The third-order valence-electron chi connectivity index (χ3n) is 5.19. The van der Waals surface area contributed by atoms with Crippen LogP contribution in [0.4, 0.5) is 10.5 Å². The average molecular weight is 359 g/mol. The molecule has 0 aliphatic carbocycles.